The van der Waals surface area contributed by atoms with Crippen molar-refractivity contribution in [3.63, 3.8) is 0 Å². The van der Waals surface area contributed by atoms with Gasteiger partial charge in [-0.1, -0.05) is 113 Å². The van der Waals surface area contributed by atoms with Crippen LogP contribution in [-0.2, 0) is 29.1 Å². The van der Waals surface area contributed by atoms with E-state index in [1.54, 1.807) is 104 Å². The number of carbonyl (C=O) groups is 2. The number of amides is 1. The largest absolute Gasteiger partial charge is 1.00 e. The highest BCUT2D eigenvalue weighted by molar-refractivity contribution is 8.13. The summed E-state index contributed by atoms with van der Waals surface area (Å²) in [5.74, 6) is -1.64. The SMILES string of the molecule is NC(=O)c1cnc2[nH]ccc2c1Cl.O=C(O)c1cnc2[nH]ccc2c1Cl.O=S(=O)(Cl)c1ccccc1.[C-]#[N+]c1cnc2[nH]ccc2c1Cl.[C-]#[N+]c1cnc2c(ccn2S(=O)(=O)c2ccccc2)c1Cl.[C-]#[N+]c1cnc2c(ccn2S(=O)(=O)c2ccccc2)c1Cl.[I-].[I-]. The Balaban J connectivity index is 0.000000178. The third-order valence-corrected chi connectivity index (χ3v) is 19.0. The van der Waals surface area contributed by atoms with Crippen LogP contribution in [0.5, 0.6) is 0 Å². The normalized spacial score (nSPS) is 10.7. The summed E-state index contributed by atoms with van der Waals surface area (Å²) < 4.78 is 73.7. The van der Waals surface area contributed by atoms with Crippen LogP contribution in [0.2, 0.25) is 25.1 Å². The predicted octanol–water partition coefficient (Wildman–Crippen LogP) is 8.57. The van der Waals surface area contributed by atoms with Gasteiger partial charge in [-0.25, -0.2) is 72.5 Å². The zero-order valence-electron chi connectivity index (χ0n) is 45.8. The molecule has 468 valence electrons. The van der Waals surface area contributed by atoms with Gasteiger partial charge in [0.15, 0.2) is 11.3 Å². The monoisotopic (exact) mass is 1630 g/mol. The number of hydrogen-bond donors (Lipinski definition) is 5. The molecule has 0 fully saturated rings. The lowest BCUT2D eigenvalue weighted by molar-refractivity contribution is -0.00100. The molecule has 23 nitrogen and oxygen atoms in total. The van der Waals surface area contributed by atoms with Crippen LogP contribution in [-0.4, -0.2) is 90.1 Å². The van der Waals surface area contributed by atoms with Crippen LogP contribution in [0, 0.1) is 19.7 Å². The van der Waals surface area contributed by atoms with Crippen molar-refractivity contribution in [2.45, 2.75) is 14.7 Å². The number of nitrogens with two attached hydrogens (primary N) is 1. The van der Waals surface area contributed by atoms with Crippen LogP contribution in [0.15, 0.2) is 198 Å². The summed E-state index contributed by atoms with van der Waals surface area (Å²) in [5.41, 5.74) is 8.51. The van der Waals surface area contributed by atoms with E-state index in [-0.39, 0.29) is 112 Å². The second-order valence-electron chi connectivity index (χ2n) is 17.7. The van der Waals surface area contributed by atoms with Gasteiger partial charge in [0.05, 0.1) is 70.6 Å². The van der Waals surface area contributed by atoms with Gasteiger partial charge >= 0.3 is 5.97 Å². The van der Waals surface area contributed by atoms with Crippen molar-refractivity contribution in [3.05, 3.63) is 254 Å². The van der Waals surface area contributed by atoms with Crippen molar-refractivity contribution < 1.29 is 87.9 Å². The average Bonchev–Trinajstić information content (AvgIpc) is 1.60. The first-order chi connectivity index (χ1) is 42.9. The van der Waals surface area contributed by atoms with Gasteiger partial charge in [-0.2, -0.15) is 0 Å². The fourth-order valence-electron chi connectivity index (χ4n) is 7.90. The quantitative estimate of drug-likeness (QED) is 0.0567. The molecule has 1 amide bonds. The van der Waals surface area contributed by atoms with Gasteiger partial charge in [0.25, 0.3) is 35.0 Å². The van der Waals surface area contributed by atoms with Crippen LogP contribution < -0.4 is 53.7 Å². The second-order valence-corrected chi connectivity index (χ2v) is 25.7. The molecule has 0 aliphatic carbocycles. The molecule has 0 saturated carbocycles. The molecule has 0 spiro atoms. The number of aromatic carboxylic acids is 1. The van der Waals surface area contributed by atoms with E-state index in [1.165, 1.54) is 79.8 Å². The fraction of sp³-hybridized carbons (Fsp3) is 0. The Kier molecular flexibility index (Phi) is 25.1. The van der Waals surface area contributed by atoms with E-state index in [9.17, 15) is 34.8 Å². The minimum Gasteiger partial charge on any atom is -1.00 e. The molecular formula is C58H36Cl6I2N14O9S3-2. The molecule has 0 radical (unpaired) electrons. The Hall–Kier alpha value is -8.43. The summed E-state index contributed by atoms with van der Waals surface area (Å²) in [4.78, 5) is 60.4. The number of carboxylic acid groups (broad SMARTS) is 1. The third kappa shape index (κ3) is 16.2. The highest BCUT2D eigenvalue weighted by atomic mass is 127. The number of hydrogen-bond acceptors (Lipinski definition) is 13. The first kappa shape index (κ1) is 72.6. The minimum atomic E-state index is -3.74. The Morgan fingerprint density at radius 2 is 0.761 bits per heavy atom. The van der Waals surface area contributed by atoms with Crippen molar-refractivity contribution in [1.29, 1.82) is 0 Å². The molecule has 0 atom stereocenters. The van der Waals surface area contributed by atoms with Crippen molar-refractivity contribution in [2.75, 3.05) is 0 Å². The maximum atomic E-state index is 12.6. The number of carboxylic acids is 1. The smallest absolute Gasteiger partial charge is 0.338 e. The van der Waals surface area contributed by atoms with E-state index in [0.29, 0.717) is 54.2 Å². The van der Waals surface area contributed by atoms with E-state index in [4.69, 9.17) is 99.2 Å². The molecule has 13 rings (SSSR count). The number of H-pyrrole nitrogens is 3. The van der Waals surface area contributed by atoms with Crippen LogP contribution in [0.4, 0.5) is 17.1 Å². The molecular weight excluding hydrogens is 1600 g/mol. The number of carbonyl (C=O) groups excluding carboxylic acids is 1. The zero-order valence-corrected chi connectivity index (χ0v) is 57.1. The molecule has 0 aliphatic heterocycles. The molecule has 0 unspecified atom stereocenters. The number of fused-ring (bicyclic) bond motifs is 5. The molecule has 0 bridgehead atoms. The van der Waals surface area contributed by atoms with Gasteiger partial charge < -0.3 is 73.7 Å². The lowest BCUT2D eigenvalue weighted by Crippen LogP contribution is -3.00. The Labute approximate surface area is 586 Å². The lowest BCUT2D eigenvalue weighted by Gasteiger charge is -2.07. The molecule has 92 heavy (non-hydrogen) atoms. The molecule has 10 heterocycles. The van der Waals surface area contributed by atoms with Crippen molar-refractivity contribution in [2.24, 2.45) is 5.73 Å². The Bertz CT molecular complexity index is 5100. The average molecular weight is 1640 g/mol. The molecule has 34 heteroatoms. The minimum absolute atomic E-state index is 0. The number of pyridine rings is 5. The number of nitrogens with zero attached hydrogens (tertiary/aromatic N) is 10. The number of primary amides is 1. The predicted molar refractivity (Wildman–Crippen MR) is 345 cm³/mol. The van der Waals surface area contributed by atoms with Gasteiger partial charge in [-0.05, 0) is 66.7 Å². The number of rotatable bonds is 7. The standard InChI is InChI=1S/2C14H8ClN3O2S.C8H6ClN3O.C8H4ClN3.C8H5ClN2O2.C6H5ClO2S.2HI/c2*1-16-12-9-17-14-11(13(12)15)7-8-18(14)21(19,20)10-5-3-2-4-6-10;9-6-4-1-2-11-8(4)12-3-5(6)7(10)13;1-10-6-4-12-8-5(7(6)9)2-3-11-8;9-6-4-1-2-10-7(4)11-3-5(6)8(12)13;7-10(8,9)6-4-2-1-3-5-6;;/h2*2-9H;1-3H,(H2,10,13)(H,11,12);2-4H,(H,11,12);1-3H,(H,10,11)(H,12,13);1-5H;2*1H/p-2. The molecule has 0 aliphatic rings. The number of halogens is 8. The molecule has 0 saturated heterocycles. The summed E-state index contributed by atoms with van der Waals surface area (Å²) in [6.45, 7) is 20.8. The van der Waals surface area contributed by atoms with Crippen LogP contribution >= 0.6 is 68.7 Å². The Morgan fingerprint density at radius 3 is 1.10 bits per heavy atom. The van der Waals surface area contributed by atoms with E-state index >= 15 is 0 Å². The van der Waals surface area contributed by atoms with Gasteiger partial charge in [-0.15, -0.1) is 0 Å². The van der Waals surface area contributed by atoms with Gasteiger partial charge in [-0.3, -0.25) is 9.78 Å². The summed E-state index contributed by atoms with van der Waals surface area (Å²) in [6, 6.07) is 32.3. The van der Waals surface area contributed by atoms with Gasteiger partial charge in [0.1, 0.15) is 16.9 Å². The van der Waals surface area contributed by atoms with Gasteiger partial charge in [0, 0.05) is 99.6 Å². The van der Waals surface area contributed by atoms with Gasteiger partial charge in [0.2, 0.25) is 17.1 Å². The molecule has 6 N–H and O–H groups in total. The highest BCUT2D eigenvalue weighted by Gasteiger charge is 2.23. The maximum absolute atomic E-state index is 12.6. The zero-order chi connectivity index (χ0) is 65.1. The summed E-state index contributed by atoms with van der Waals surface area (Å²) in [6.07, 6.45) is 14.5. The van der Waals surface area contributed by atoms with E-state index in [1.807, 2.05) is 0 Å². The van der Waals surface area contributed by atoms with Crippen molar-refractivity contribution >= 4 is 182 Å². The first-order valence-electron chi connectivity index (χ1n) is 24.9. The fourth-order valence-corrected chi connectivity index (χ4v) is 12.6. The summed E-state index contributed by atoms with van der Waals surface area (Å²) >= 11 is 29.8. The van der Waals surface area contributed by atoms with E-state index in [2.05, 4.69) is 54.4 Å². The second kappa shape index (κ2) is 31.7. The topological polar surface area (TPSA) is 318 Å². The number of benzene rings is 3. The van der Waals surface area contributed by atoms with Crippen LogP contribution in [0.1, 0.15) is 20.7 Å². The molecule has 3 aromatic carbocycles. The van der Waals surface area contributed by atoms with E-state index in [0.717, 1.165) is 13.3 Å². The van der Waals surface area contributed by atoms with Crippen LogP contribution in [0.3, 0.4) is 0 Å². The van der Waals surface area contributed by atoms with Crippen LogP contribution in [0.25, 0.3) is 69.7 Å². The van der Waals surface area contributed by atoms with E-state index < -0.39 is 41.0 Å². The van der Waals surface area contributed by atoms with Crippen molar-refractivity contribution in [3.8, 4) is 0 Å². The summed E-state index contributed by atoms with van der Waals surface area (Å²) in [5, 5.41) is 13.2. The number of nitrogens with one attached hydrogen (secondary N) is 3. The maximum Gasteiger partial charge on any atom is 0.338 e. The van der Waals surface area contributed by atoms with Crippen molar-refractivity contribution in [1.82, 2.24) is 47.8 Å². The molecule has 13 aromatic rings. The summed E-state index contributed by atoms with van der Waals surface area (Å²) in [7, 11) is -5.98. The highest BCUT2D eigenvalue weighted by Crippen LogP contribution is 2.36. The Morgan fingerprint density at radius 1 is 0.446 bits per heavy atom. The lowest BCUT2D eigenvalue weighted by atomic mass is 10.2. The molecule has 10 aromatic heterocycles. The first-order valence-corrected chi connectivity index (χ1v) is 31.9. The number of aromatic amines is 3. The number of aromatic nitrogens is 10. The third-order valence-electron chi connectivity index (χ3n) is 12.2.